The molecule has 0 saturated heterocycles. The summed E-state index contributed by atoms with van der Waals surface area (Å²) >= 11 is 3.45. The average Bonchev–Trinajstić information content (AvgIpc) is 2.37. The fourth-order valence-electron chi connectivity index (χ4n) is 1.89. The van der Waals surface area contributed by atoms with Crippen LogP contribution >= 0.6 is 15.9 Å². The largest absolute Gasteiger partial charge is 0.491 e. The lowest BCUT2D eigenvalue weighted by Gasteiger charge is -2.11. The molecule has 2 aromatic carbocycles. The van der Waals surface area contributed by atoms with Gasteiger partial charge in [-0.15, -0.1) is 0 Å². The standard InChI is InChI=1S/C16H18BrNO/c1-12-4-3-5-15(10-12)18-8-9-19-16-7-6-14(17)11-13(16)2/h3-7,10-11,18H,8-9H2,1-2H3. The lowest BCUT2D eigenvalue weighted by molar-refractivity contribution is 0.330. The highest BCUT2D eigenvalue weighted by Gasteiger charge is 1.99. The molecular weight excluding hydrogens is 302 g/mol. The fraction of sp³-hybridized carbons (Fsp3) is 0.250. The molecule has 2 aromatic rings. The molecule has 2 rings (SSSR count). The number of ether oxygens (including phenoxy) is 1. The molecule has 2 nitrogen and oxygen atoms in total. The van der Waals surface area contributed by atoms with Gasteiger partial charge >= 0.3 is 0 Å². The zero-order valence-corrected chi connectivity index (χ0v) is 12.8. The second-order valence-electron chi connectivity index (χ2n) is 4.55. The highest BCUT2D eigenvalue weighted by molar-refractivity contribution is 9.10. The van der Waals surface area contributed by atoms with Gasteiger partial charge in [-0.05, 0) is 55.3 Å². The van der Waals surface area contributed by atoms with Crippen LogP contribution in [0.3, 0.4) is 0 Å². The normalized spacial score (nSPS) is 10.3. The van der Waals surface area contributed by atoms with Crippen molar-refractivity contribution in [1.82, 2.24) is 0 Å². The topological polar surface area (TPSA) is 21.3 Å². The Hall–Kier alpha value is -1.48. The second kappa shape index (κ2) is 6.62. The van der Waals surface area contributed by atoms with Crippen LogP contribution in [0.15, 0.2) is 46.9 Å². The van der Waals surface area contributed by atoms with Gasteiger partial charge < -0.3 is 10.1 Å². The van der Waals surface area contributed by atoms with E-state index in [0.717, 1.165) is 28.0 Å². The van der Waals surface area contributed by atoms with Crippen LogP contribution in [0.4, 0.5) is 5.69 Å². The molecule has 3 heteroatoms. The number of hydrogen-bond donors (Lipinski definition) is 1. The molecule has 0 spiro atoms. The summed E-state index contributed by atoms with van der Waals surface area (Å²) in [5, 5.41) is 3.35. The summed E-state index contributed by atoms with van der Waals surface area (Å²) in [7, 11) is 0. The van der Waals surface area contributed by atoms with Crippen LogP contribution in [0.5, 0.6) is 5.75 Å². The van der Waals surface area contributed by atoms with Crippen molar-refractivity contribution in [3.63, 3.8) is 0 Å². The molecular formula is C16H18BrNO. The first-order chi connectivity index (χ1) is 9.15. The van der Waals surface area contributed by atoms with E-state index in [1.807, 2.05) is 19.1 Å². The van der Waals surface area contributed by atoms with Gasteiger partial charge in [0.25, 0.3) is 0 Å². The Labute approximate surface area is 122 Å². The van der Waals surface area contributed by atoms with Gasteiger partial charge in [0.1, 0.15) is 12.4 Å². The summed E-state index contributed by atoms with van der Waals surface area (Å²) in [4.78, 5) is 0. The summed E-state index contributed by atoms with van der Waals surface area (Å²) < 4.78 is 6.84. The summed E-state index contributed by atoms with van der Waals surface area (Å²) in [6.07, 6.45) is 0. The van der Waals surface area contributed by atoms with Gasteiger partial charge in [-0.1, -0.05) is 28.1 Å². The van der Waals surface area contributed by atoms with E-state index < -0.39 is 0 Å². The van der Waals surface area contributed by atoms with Crippen LogP contribution in [0.25, 0.3) is 0 Å². The summed E-state index contributed by atoms with van der Waals surface area (Å²) in [5.41, 5.74) is 3.54. The molecule has 0 aromatic heterocycles. The third-order valence-electron chi connectivity index (χ3n) is 2.84. The second-order valence-corrected chi connectivity index (χ2v) is 5.47. The van der Waals surface area contributed by atoms with Crippen molar-refractivity contribution in [1.29, 1.82) is 0 Å². The lowest BCUT2D eigenvalue weighted by Crippen LogP contribution is -2.11. The Balaban J connectivity index is 1.81. The van der Waals surface area contributed by atoms with Crippen molar-refractivity contribution in [2.75, 3.05) is 18.5 Å². The Kier molecular flexibility index (Phi) is 4.86. The first-order valence-corrected chi connectivity index (χ1v) is 7.14. The smallest absolute Gasteiger partial charge is 0.122 e. The van der Waals surface area contributed by atoms with Crippen LogP contribution in [-0.2, 0) is 0 Å². The van der Waals surface area contributed by atoms with Gasteiger partial charge in [-0.2, -0.15) is 0 Å². The number of nitrogens with one attached hydrogen (secondary N) is 1. The third-order valence-corrected chi connectivity index (χ3v) is 3.34. The van der Waals surface area contributed by atoms with E-state index in [1.54, 1.807) is 0 Å². The molecule has 100 valence electrons. The van der Waals surface area contributed by atoms with Crippen molar-refractivity contribution in [2.24, 2.45) is 0 Å². The number of hydrogen-bond acceptors (Lipinski definition) is 2. The molecule has 0 amide bonds. The van der Waals surface area contributed by atoms with E-state index in [0.29, 0.717) is 6.61 Å². The van der Waals surface area contributed by atoms with Gasteiger partial charge in [0, 0.05) is 16.7 Å². The molecule has 0 atom stereocenters. The minimum absolute atomic E-state index is 0.649. The molecule has 0 bridgehead atoms. The zero-order chi connectivity index (χ0) is 13.7. The molecule has 0 saturated carbocycles. The number of rotatable bonds is 5. The average molecular weight is 320 g/mol. The summed E-state index contributed by atoms with van der Waals surface area (Å²) in [6.45, 7) is 5.58. The molecule has 0 radical (unpaired) electrons. The predicted octanol–water partition coefficient (Wildman–Crippen LogP) is 4.56. The van der Waals surface area contributed by atoms with Crippen molar-refractivity contribution in [2.45, 2.75) is 13.8 Å². The third kappa shape index (κ3) is 4.28. The fourth-order valence-corrected chi connectivity index (χ4v) is 2.36. The Morgan fingerprint density at radius 3 is 2.68 bits per heavy atom. The molecule has 0 aliphatic carbocycles. The van der Waals surface area contributed by atoms with Gasteiger partial charge in [0.15, 0.2) is 0 Å². The molecule has 19 heavy (non-hydrogen) atoms. The Morgan fingerprint density at radius 2 is 1.95 bits per heavy atom. The van der Waals surface area contributed by atoms with Crippen molar-refractivity contribution >= 4 is 21.6 Å². The van der Waals surface area contributed by atoms with Gasteiger partial charge in [-0.25, -0.2) is 0 Å². The van der Waals surface area contributed by atoms with Crippen molar-refractivity contribution in [3.8, 4) is 5.75 Å². The highest BCUT2D eigenvalue weighted by Crippen LogP contribution is 2.22. The number of anilines is 1. The summed E-state index contributed by atoms with van der Waals surface area (Å²) in [5.74, 6) is 0.939. The SMILES string of the molecule is Cc1cccc(NCCOc2ccc(Br)cc2C)c1. The number of halogens is 1. The quantitative estimate of drug-likeness (QED) is 0.816. The van der Waals surface area contributed by atoms with Crippen molar-refractivity contribution in [3.05, 3.63) is 58.1 Å². The highest BCUT2D eigenvalue weighted by atomic mass is 79.9. The van der Waals surface area contributed by atoms with Crippen LogP contribution in [0.2, 0.25) is 0 Å². The van der Waals surface area contributed by atoms with E-state index in [2.05, 4.69) is 58.5 Å². The van der Waals surface area contributed by atoms with Crippen LogP contribution in [0.1, 0.15) is 11.1 Å². The molecule has 0 heterocycles. The predicted molar refractivity (Wildman–Crippen MR) is 84.0 cm³/mol. The lowest BCUT2D eigenvalue weighted by atomic mass is 10.2. The number of aryl methyl sites for hydroxylation is 2. The Bertz CT molecular complexity index is 554. The molecule has 0 unspecified atom stereocenters. The van der Waals surface area contributed by atoms with Gasteiger partial charge in [0.05, 0.1) is 0 Å². The van der Waals surface area contributed by atoms with Gasteiger partial charge in [-0.3, -0.25) is 0 Å². The van der Waals surface area contributed by atoms with Crippen LogP contribution in [0, 0.1) is 13.8 Å². The minimum atomic E-state index is 0.649. The summed E-state index contributed by atoms with van der Waals surface area (Å²) in [6, 6.07) is 14.4. The van der Waals surface area contributed by atoms with E-state index in [1.165, 1.54) is 5.56 Å². The van der Waals surface area contributed by atoms with E-state index in [4.69, 9.17) is 4.74 Å². The molecule has 0 aliphatic rings. The monoisotopic (exact) mass is 319 g/mol. The van der Waals surface area contributed by atoms with E-state index in [-0.39, 0.29) is 0 Å². The molecule has 0 aliphatic heterocycles. The van der Waals surface area contributed by atoms with E-state index >= 15 is 0 Å². The first-order valence-electron chi connectivity index (χ1n) is 6.34. The molecule has 1 N–H and O–H groups in total. The van der Waals surface area contributed by atoms with Gasteiger partial charge in [0.2, 0.25) is 0 Å². The minimum Gasteiger partial charge on any atom is -0.491 e. The Morgan fingerprint density at radius 1 is 1.11 bits per heavy atom. The van der Waals surface area contributed by atoms with Crippen molar-refractivity contribution < 1.29 is 4.74 Å². The maximum atomic E-state index is 5.76. The van der Waals surface area contributed by atoms with Crippen LogP contribution in [-0.4, -0.2) is 13.2 Å². The van der Waals surface area contributed by atoms with E-state index in [9.17, 15) is 0 Å². The molecule has 0 fully saturated rings. The zero-order valence-electron chi connectivity index (χ0n) is 11.2. The maximum Gasteiger partial charge on any atom is 0.122 e. The van der Waals surface area contributed by atoms with Crippen LogP contribution < -0.4 is 10.1 Å². The first kappa shape index (κ1) is 13.9. The number of benzene rings is 2. The maximum absolute atomic E-state index is 5.76.